The van der Waals surface area contributed by atoms with Gasteiger partial charge in [-0.1, -0.05) is 60.7 Å². The van der Waals surface area contributed by atoms with E-state index in [1.54, 1.807) is 4.90 Å². The average molecular weight is 395 g/mol. The molecule has 2 atom stereocenters. The molecule has 2 saturated heterocycles. The quantitative estimate of drug-likeness (QED) is 0.813. The number of hydrogen-bond acceptors (Lipinski definition) is 2. The van der Waals surface area contributed by atoms with Crippen LogP contribution >= 0.6 is 0 Å². The molecule has 2 N–H and O–H groups in total. The van der Waals surface area contributed by atoms with Crippen LogP contribution in [0.5, 0.6) is 0 Å². The molecule has 2 aliphatic rings. The fraction of sp³-hybridized carbons (Fsp3) is 0.538. The summed E-state index contributed by atoms with van der Waals surface area (Å²) in [4.78, 5) is 1.64. The highest BCUT2D eigenvalue weighted by atomic mass is 16.5. The number of hydrogen-bond donors (Lipinski definition) is 2. The predicted molar refractivity (Wildman–Crippen MR) is 117 cm³/mol. The molecular weight excluding hydrogens is 358 g/mol. The standard InChI is InChI=1S/C26H35NO2/c1-24(2)20-25(16-19-29-24)14-9-17-27(21-25)18-15-26(28,22-10-5-3-6-11-22)23-12-7-4-8-13-23/h3-8,10-13,28H,9,14-21H2,1-2H3/p+1/t25-/m0/s1. The molecule has 0 aromatic heterocycles. The molecule has 29 heavy (non-hydrogen) atoms. The van der Waals surface area contributed by atoms with Crippen molar-refractivity contribution in [3.8, 4) is 0 Å². The van der Waals surface area contributed by atoms with Gasteiger partial charge in [0, 0.05) is 18.4 Å². The first-order chi connectivity index (χ1) is 13.9. The summed E-state index contributed by atoms with van der Waals surface area (Å²) in [6.45, 7) is 8.78. The lowest BCUT2D eigenvalue weighted by Crippen LogP contribution is -3.14. The van der Waals surface area contributed by atoms with Gasteiger partial charge in [0.25, 0.3) is 0 Å². The van der Waals surface area contributed by atoms with Crippen molar-refractivity contribution in [3.63, 3.8) is 0 Å². The highest BCUT2D eigenvalue weighted by molar-refractivity contribution is 5.35. The molecule has 0 radical (unpaired) electrons. The molecule has 0 aliphatic carbocycles. The van der Waals surface area contributed by atoms with E-state index >= 15 is 0 Å². The largest absolute Gasteiger partial charge is 0.380 e. The smallest absolute Gasteiger partial charge is 0.120 e. The molecule has 1 unspecified atom stereocenters. The van der Waals surface area contributed by atoms with Crippen molar-refractivity contribution in [1.29, 1.82) is 0 Å². The van der Waals surface area contributed by atoms with Crippen molar-refractivity contribution < 1.29 is 14.7 Å². The molecule has 2 fully saturated rings. The number of likely N-dealkylation sites (tertiary alicyclic amines) is 1. The van der Waals surface area contributed by atoms with E-state index in [0.717, 1.165) is 37.1 Å². The van der Waals surface area contributed by atoms with Crippen LogP contribution < -0.4 is 4.90 Å². The van der Waals surface area contributed by atoms with Gasteiger partial charge in [-0.3, -0.25) is 0 Å². The van der Waals surface area contributed by atoms with E-state index in [0.29, 0.717) is 5.41 Å². The molecule has 156 valence electrons. The first-order valence-corrected chi connectivity index (χ1v) is 11.2. The lowest BCUT2D eigenvalue weighted by atomic mass is 9.69. The Bertz CT molecular complexity index is 745. The Balaban J connectivity index is 1.51. The van der Waals surface area contributed by atoms with Gasteiger partial charge in [0.1, 0.15) is 5.60 Å². The van der Waals surface area contributed by atoms with Crippen molar-refractivity contribution in [2.45, 2.75) is 57.2 Å². The van der Waals surface area contributed by atoms with Crippen LogP contribution in [-0.4, -0.2) is 36.9 Å². The summed E-state index contributed by atoms with van der Waals surface area (Å²) in [5.41, 5.74) is 1.45. The molecule has 0 amide bonds. The van der Waals surface area contributed by atoms with Crippen LogP contribution in [0.2, 0.25) is 0 Å². The van der Waals surface area contributed by atoms with Gasteiger partial charge in [0.2, 0.25) is 0 Å². The first kappa shape index (κ1) is 20.6. The van der Waals surface area contributed by atoms with Crippen molar-refractivity contribution in [2.75, 3.05) is 26.2 Å². The molecule has 2 aliphatic heterocycles. The summed E-state index contributed by atoms with van der Waals surface area (Å²) in [6.07, 6.45) is 5.69. The number of rotatable bonds is 5. The third-order valence-corrected chi connectivity index (χ3v) is 7.13. The van der Waals surface area contributed by atoms with Crippen molar-refractivity contribution in [3.05, 3.63) is 71.8 Å². The number of aliphatic hydroxyl groups is 1. The summed E-state index contributed by atoms with van der Waals surface area (Å²) in [7, 11) is 0. The fourth-order valence-corrected chi connectivity index (χ4v) is 5.83. The van der Waals surface area contributed by atoms with Gasteiger partial charge in [-0.2, -0.15) is 0 Å². The van der Waals surface area contributed by atoms with Crippen molar-refractivity contribution >= 4 is 0 Å². The van der Waals surface area contributed by atoms with Crippen LogP contribution in [0.1, 0.15) is 57.1 Å². The van der Waals surface area contributed by atoms with Gasteiger partial charge in [0.05, 0.1) is 25.2 Å². The van der Waals surface area contributed by atoms with E-state index in [9.17, 15) is 5.11 Å². The van der Waals surface area contributed by atoms with E-state index in [-0.39, 0.29) is 5.60 Å². The number of benzene rings is 2. The van der Waals surface area contributed by atoms with Crippen molar-refractivity contribution in [2.24, 2.45) is 5.41 Å². The third kappa shape index (κ3) is 4.58. The SMILES string of the molecule is CC1(C)C[C@]2(CCC[NH+](CCC(O)(c3ccccc3)c3ccccc3)C2)CCO1. The lowest BCUT2D eigenvalue weighted by molar-refractivity contribution is -0.914. The van der Waals surface area contributed by atoms with Crippen LogP contribution in [0.15, 0.2) is 60.7 Å². The van der Waals surface area contributed by atoms with Gasteiger partial charge in [-0.05, 0) is 50.7 Å². The zero-order valence-corrected chi connectivity index (χ0v) is 18.0. The van der Waals surface area contributed by atoms with Gasteiger partial charge in [-0.15, -0.1) is 0 Å². The second-order valence-corrected chi connectivity index (χ2v) is 9.91. The zero-order valence-electron chi connectivity index (χ0n) is 18.0. The second kappa shape index (κ2) is 8.22. The second-order valence-electron chi connectivity index (χ2n) is 9.91. The van der Waals surface area contributed by atoms with Crippen molar-refractivity contribution in [1.82, 2.24) is 0 Å². The minimum absolute atomic E-state index is 0.00445. The Labute approximate surface area is 175 Å². The normalized spacial score (nSPS) is 27.1. The molecule has 2 heterocycles. The maximum atomic E-state index is 11.8. The van der Waals surface area contributed by atoms with Gasteiger partial charge >= 0.3 is 0 Å². The van der Waals surface area contributed by atoms with Crippen LogP contribution in [0.3, 0.4) is 0 Å². The van der Waals surface area contributed by atoms with E-state index in [1.165, 1.54) is 32.4 Å². The van der Waals surface area contributed by atoms with E-state index < -0.39 is 5.60 Å². The maximum absolute atomic E-state index is 11.8. The number of quaternary nitrogens is 1. The Morgan fingerprint density at radius 3 is 2.17 bits per heavy atom. The molecular formula is C26H36NO2+. The predicted octanol–water partition coefficient (Wildman–Crippen LogP) is 3.57. The van der Waals surface area contributed by atoms with Crippen LogP contribution in [-0.2, 0) is 10.3 Å². The van der Waals surface area contributed by atoms with E-state index in [1.807, 2.05) is 36.4 Å². The Hall–Kier alpha value is -1.68. The highest BCUT2D eigenvalue weighted by Gasteiger charge is 2.45. The number of piperidine rings is 1. The molecule has 4 rings (SSSR count). The summed E-state index contributed by atoms with van der Waals surface area (Å²) in [6, 6.07) is 20.4. The summed E-state index contributed by atoms with van der Waals surface area (Å²) >= 11 is 0. The monoisotopic (exact) mass is 394 g/mol. The van der Waals surface area contributed by atoms with Crippen LogP contribution in [0, 0.1) is 5.41 Å². The first-order valence-electron chi connectivity index (χ1n) is 11.2. The Kier molecular flexibility index (Phi) is 5.83. The molecule has 3 nitrogen and oxygen atoms in total. The van der Waals surface area contributed by atoms with Gasteiger partial charge in [-0.25, -0.2) is 0 Å². The third-order valence-electron chi connectivity index (χ3n) is 7.13. The summed E-state index contributed by atoms with van der Waals surface area (Å²) in [5, 5.41) is 11.8. The topological polar surface area (TPSA) is 33.9 Å². The summed E-state index contributed by atoms with van der Waals surface area (Å²) in [5.74, 6) is 0. The molecule has 0 bridgehead atoms. The fourth-order valence-electron chi connectivity index (χ4n) is 5.83. The molecule has 2 aromatic carbocycles. The average Bonchev–Trinajstić information content (AvgIpc) is 2.72. The maximum Gasteiger partial charge on any atom is 0.120 e. The van der Waals surface area contributed by atoms with E-state index in [4.69, 9.17) is 4.74 Å². The molecule has 0 saturated carbocycles. The lowest BCUT2D eigenvalue weighted by Gasteiger charge is -2.48. The van der Waals surface area contributed by atoms with Crippen LogP contribution in [0.4, 0.5) is 0 Å². The van der Waals surface area contributed by atoms with Crippen LogP contribution in [0.25, 0.3) is 0 Å². The van der Waals surface area contributed by atoms with E-state index in [2.05, 4.69) is 38.1 Å². The number of nitrogens with one attached hydrogen (secondary N) is 1. The van der Waals surface area contributed by atoms with Gasteiger partial charge in [0.15, 0.2) is 0 Å². The van der Waals surface area contributed by atoms with Gasteiger partial charge < -0.3 is 14.7 Å². The molecule has 3 heteroatoms. The Morgan fingerprint density at radius 1 is 0.966 bits per heavy atom. The molecule has 1 spiro atoms. The highest BCUT2D eigenvalue weighted by Crippen LogP contribution is 2.42. The minimum Gasteiger partial charge on any atom is -0.380 e. The Morgan fingerprint density at radius 2 is 1.59 bits per heavy atom. The minimum atomic E-state index is -0.935. The molecule has 2 aromatic rings. The number of ether oxygens (including phenoxy) is 1. The zero-order chi connectivity index (χ0) is 20.4. The summed E-state index contributed by atoms with van der Waals surface area (Å²) < 4.78 is 6.01.